The molecule has 108 valence electrons. The molecule has 2 unspecified atom stereocenters. The van der Waals surface area contributed by atoms with Crippen molar-refractivity contribution in [2.45, 2.75) is 32.5 Å². The summed E-state index contributed by atoms with van der Waals surface area (Å²) in [4.78, 5) is 7.81. The van der Waals surface area contributed by atoms with Gasteiger partial charge in [-0.3, -0.25) is 4.90 Å². The van der Waals surface area contributed by atoms with Gasteiger partial charge in [0, 0.05) is 22.5 Å². The van der Waals surface area contributed by atoms with Gasteiger partial charge < -0.3 is 5.73 Å². The summed E-state index contributed by atoms with van der Waals surface area (Å²) >= 11 is 8.01. The van der Waals surface area contributed by atoms with E-state index in [1.54, 1.807) is 11.3 Å². The van der Waals surface area contributed by atoms with Crippen molar-refractivity contribution in [1.82, 2.24) is 9.88 Å². The Morgan fingerprint density at radius 3 is 2.65 bits per heavy atom. The summed E-state index contributed by atoms with van der Waals surface area (Å²) in [5.74, 6) is 0. The Morgan fingerprint density at radius 1 is 1.40 bits per heavy atom. The Bertz CT molecular complexity index is 568. The van der Waals surface area contributed by atoms with Gasteiger partial charge in [-0.05, 0) is 32.5 Å². The lowest BCUT2D eigenvalue weighted by atomic mass is 9.99. The molecule has 0 aliphatic carbocycles. The fourth-order valence-electron chi connectivity index (χ4n) is 2.44. The fraction of sp³-hybridized carbons (Fsp3) is 0.400. The van der Waals surface area contributed by atoms with E-state index in [1.165, 1.54) is 4.88 Å². The first kappa shape index (κ1) is 15.4. The van der Waals surface area contributed by atoms with Gasteiger partial charge >= 0.3 is 0 Å². The van der Waals surface area contributed by atoms with Gasteiger partial charge in [-0.15, -0.1) is 11.3 Å². The Hall–Kier alpha value is -0.940. The molecule has 0 bridgehead atoms. The number of hydrogen-bond acceptors (Lipinski definition) is 4. The summed E-state index contributed by atoms with van der Waals surface area (Å²) < 4.78 is 0. The predicted octanol–water partition coefficient (Wildman–Crippen LogP) is 3.63. The van der Waals surface area contributed by atoms with Gasteiger partial charge in [-0.2, -0.15) is 0 Å². The maximum atomic E-state index is 6.33. The zero-order valence-electron chi connectivity index (χ0n) is 12.0. The fourth-order valence-corrected chi connectivity index (χ4v) is 3.53. The maximum absolute atomic E-state index is 6.33. The largest absolute Gasteiger partial charge is 0.326 e. The molecule has 2 atom stereocenters. The highest BCUT2D eigenvalue weighted by Crippen LogP contribution is 2.30. The van der Waals surface area contributed by atoms with Crippen molar-refractivity contribution in [3.63, 3.8) is 0 Å². The second-order valence-corrected chi connectivity index (χ2v) is 6.45. The summed E-state index contributed by atoms with van der Waals surface area (Å²) in [5.41, 5.74) is 10.2. The highest BCUT2D eigenvalue weighted by molar-refractivity contribution is 7.09. The van der Waals surface area contributed by atoms with Gasteiger partial charge in [0.1, 0.15) is 0 Å². The average molecular weight is 310 g/mol. The van der Waals surface area contributed by atoms with E-state index < -0.39 is 0 Å². The van der Waals surface area contributed by atoms with Crippen LogP contribution in [0, 0.1) is 6.92 Å². The smallest absolute Gasteiger partial charge is 0.0798 e. The van der Waals surface area contributed by atoms with Gasteiger partial charge in [0.2, 0.25) is 0 Å². The first-order chi connectivity index (χ1) is 9.50. The van der Waals surface area contributed by atoms with E-state index in [2.05, 4.69) is 16.9 Å². The summed E-state index contributed by atoms with van der Waals surface area (Å²) in [7, 11) is 2.08. The Balaban J connectivity index is 2.25. The van der Waals surface area contributed by atoms with Crippen LogP contribution in [0.5, 0.6) is 0 Å². The molecule has 2 rings (SSSR count). The molecule has 1 heterocycles. The predicted molar refractivity (Wildman–Crippen MR) is 86.2 cm³/mol. The lowest BCUT2D eigenvalue weighted by molar-refractivity contribution is 0.212. The third-order valence-electron chi connectivity index (χ3n) is 3.43. The molecule has 3 nitrogen and oxygen atoms in total. The minimum absolute atomic E-state index is 0.00636. The van der Waals surface area contributed by atoms with Crippen LogP contribution in [0.2, 0.25) is 5.02 Å². The molecule has 1 aromatic heterocycles. The minimum atomic E-state index is -0.00636. The number of nitrogens with zero attached hydrogens (tertiary/aromatic N) is 2. The van der Waals surface area contributed by atoms with Crippen LogP contribution in [0.25, 0.3) is 0 Å². The second-order valence-electron chi connectivity index (χ2n) is 5.10. The summed E-state index contributed by atoms with van der Waals surface area (Å²) in [6, 6.07) is 7.99. The molecule has 0 saturated heterocycles. The van der Waals surface area contributed by atoms with Crippen molar-refractivity contribution in [3.05, 3.63) is 50.9 Å². The molecule has 0 amide bonds. The number of rotatable bonds is 5. The lowest BCUT2D eigenvalue weighted by Crippen LogP contribution is -2.37. The monoisotopic (exact) mass is 309 g/mol. The SMILES string of the molecule is Cc1ncsc1CN(C)C(c1ccccc1Cl)C(C)N. The molecule has 0 saturated carbocycles. The molecular weight excluding hydrogens is 290 g/mol. The van der Waals surface area contributed by atoms with Crippen molar-refractivity contribution in [1.29, 1.82) is 0 Å². The number of halogens is 1. The van der Waals surface area contributed by atoms with Crippen LogP contribution >= 0.6 is 22.9 Å². The lowest BCUT2D eigenvalue weighted by Gasteiger charge is -2.31. The van der Waals surface area contributed by atoms with Gasteiger partial charge in [0.05, 0.1) is 17.2 Å². The molecule has 1 aromatic carbocycles. The number of aromatic nitrogens is 1. The van der Waals surface area contributed by atoms with E-state index in [0.29, 0.717) is 0 Å². The highest BCUT2D eigenvalue weighted by atomic mass is 35.5. The van der Waals surface area contributed by atoms with Crippen molar-refractivity contribution in [3.8, 4) is 0 Å². The Kier molecular flexibility index (Phi) is 5.16. The second kappa shape index (κ2) is 6.68. The van der Waals surface area contributed by atoms with E-state index in [-0.39, 0.29) is 12.1 Å². The molecular formula is C15H20ClN3S. The Morgan fingerprint density at radius 2 is 2.10 bits per heavy atom. The quantitative estimate of drug-likeness (QED) is 0.917. The van der Waals surface area contributed by atoms with Crippen LogP contribution in [0.4, 0.5) is 0 Å². The van der Waals surface area contributed by atoms with Crippen LogP contribution in [0.15, 0.2) is 29.8 Å². The normalized spacial score (nSPS) is 14.5. The molecule has 2 N–H and O–H groups in total. The van der Waals surface area contributed by atoms with Gasteiger partial charge in [0.15, 0.2) is 0 Å². The number of aryl methyl sites for hydroxylation is 1. The van der Waals surface area contributed by atoms with Crippen LogP contribution in [0.1, 0.15) is 29.1 Å². The molecule has 20 heavy (non-hydrogen) atoms. The maximum Gasteiger partial charge on any atom is 0.0798 e. The van der Waals surface area contributed by atoms with Crippen molar-refractivity contribution in [2.75, 3.05) is 7.05 Å². The standard InChI is InChI=1S/C15H20ClN3S/c1-10(17)15(12-6-4-5-7-13(12)16)19(3)8-14-11(2)18-9-20-14/h4-7,9-10,15H,8,17H2,1-3H3. The van der Waals surface area contributed by atoms with E-state index in [9.17, 15) is 0 Å². The highest BCUT2D eigenvalue weighted by Gasteiger charge is 2.24. The first-order valence-electron chi connectivity index (χ1n) is 6.60. The molecule has 0 spiro atoms. The topological polar surface area (TPSA) is 42.2 Å². The minimum Gasteiger partial charge on any atom is -0.326 e. The van der Waals surface area contributed by atoms with Gasteiger partial charge in [-0.25, -0.2) is 4.98 Å². The van der Waals surface area contributed by atoms with Crippen LogP contribution in [-0.4, -0.2) is 23.0 Å². The molecule has 2 aromatic rings. The first-order valence-corrected chi connectivity index (χ1v) is 7.85. The summed E-state index contributed by atoms with van der Waals surface area (Å²) in [6.45, 7) is 4.88. The van der Waals surface area contributed by atoms with E-state index in [4.69, 9.17) is 17.3 Å². The average Bonchev–Trinajstić information content (AvgIpc) is 2.77. The third kappa shape index (κ3) is 3.38. The van der Waals surface area contributed by atoms with Crippen molar-refractivity contribution >= 4 is 22.9 Å². The Labute approximate surface area is 129 Å². The zero-order chi connectivity index (χ0) is 14.7. The number of likely N-dealkylation sites (N-methyl/N-ethyl adjacent to an activating group) is 1. The number of hydrogen-bond donors (Lipinski definition) is 1. The molecule has 0 aliphatic heterocycles. The van der Waals surface area contributed by atoms with E-state index in [1.807, 2.05) is 43.6 Å². The van der Waals surface area contributed by atoms with E-state index >= 15 is 0 Å². The van der Waals surface area contributed by atoms with Crippen molar-refractivity contribution in [2.24, 2.45) is 5.73 Å². The van der Waals surface area contributed by atoms with Gasteiger partial charge in [0.25, 0.3) is 0 Å². The summed E-state index contributed by atoms with van der Waals surface area (Å²) in [6.07, 6.45) is 0. The number of thiazole rings is 1. The van der Waals surface area contributed by atoms with Crippen LogP contribution < -0.4 is 5.73 Å². The molecule has 0 radical (unpaired) electrons. The number of benzene rings is 1. The molecule has 0 fully saturated rings. The number of nitrogens with two attached hydrogens (primary N) is 1. The summed E-state index contributed by atoms with van der Waals surface area (Å²) in [5, 5.41) is 0.766. The third-order valence-corrected chi connectivity index (χ3v) is 4.70. The zero-order valence-corrected chi connectivity index (χ0v) is 13.6. The van der Waals surface area contributed by atoms with Crippen LogP contribution in [0.3, 0.4) is 0 Å². The molecule has 0 aliphatic rings. The van der Waals surface area contributed by atoms with E-state index in [0.717, 1.165) is 22.8 Å². The van der Waals surface area contributed by atoms with Crippen molar-refractivity contribution < 1.29 is 0 Å². The molecule has 5 heteroatoms. The van der Waals surface area contributed by atoms with Gasteiger partial charge in [-0.1, -0.05) is 29.8 Å². The van der Waals surface area contributed by atoms with Crippen LogP contribution in [-0.2, 0) is 6.54 Å².